The Balaban J connectivity index is 1.25. The van der Waals surface area contributed by atoms with Crippen LogP contribution in [0.4, 0.5) is 11.4 Å². The van der Waals surface area contributed by atoms with Gasteiger partial charge in [-0.15, -0.1) is 0 Å². The highest BCUT2D eigenvalue weighted by atomic mass is 16.5. The maximum Gasteiger partial charge on any atom is 0.316 e. The van der Waals surface area contributed by atoms with Gasteiger partial charge in [0.05, 0.1) is 23.4 Å². The number of amides is 3. The van der Waals surface area contributed by atoms with Gasteiger partial charge in [0.2, 0.25) is 17.7 Å². The third kappa shape index (κ3) is 3.81. The van der Waals surface area contributed by atoms with E-state index in [1.165, 1.54) is 4.90 Å². The highest BCUT2D eigenvalue weighted by Crippen LogP contribution is 2.40. The number of hydrogen-bond donors (Lipinski definition) is 0. The Morgan fingerprint density at radius 3 is 2.18 bits per heavy atom. The molecule has 0 spiro atoms. The normalized spacial score (nSPS) is 24.9. The molecule has 33 heavy (non-hydrogen) atoms. The van der Waals surface area contributed by atoms with E-state index in [-0.39, 0.29) is 42.5 Å². The molecule has 7 heteroatoms. The van der Waals surface area contributed by atoms with E-state index in [1.807, 2.05) is 31.2 Å². The van der Waals surface area contributed by atoms with Crippen LogP contribution in [-0.4, -0.2) is 30.2 Å². The summed E-state index contributed by atoms with van der Waals surface area (Å²) in [4.78, 5) is 53.7. The van der Waals surface area contributed by atoms with Crippen molar-refractivity contribution in [3.8, 4) is 5.75 Å². The van der Waals surface area contributed by atoms with E-state index in [0.717, 1.165) is 36.9 Å². The average molecular weight is 447 g/mol. The predicted molar refractivity (Wildman–Crippen MR) is 122 cm³/mol. The van der Waals surface area contributed by atoms with E-state index in [2.05, 4.69) is 0 Å². The quantitative estimate of drug-likeness (QED) is 0.407. The number of aryl methyl sites for hydroxylation is 1. The Kier molecular flexibility index (Phi) is 5.48. The van der Waals surface area contributed by atoms with Gasteiger partial charge in [0, 0.05) is 18.7 Å². The van der Waals surface area contributed by atoms with Gasteiger partial charge in [0.1, 0.15) is 5.75 Å². The lowest BCUT2D eigenvalue weighted by Gasteiger charge is -2.19. The molecule has 3 atom stereocenters. The highest BCUT2D eigenvalue weighted by molar-refractivity contribution is 6.22. The second kappa shape index (κ2) is 8.46. The number of nitrogens with zero attached hydrogens (tertiary/aromatic N) is 2. The number of hydrogen-bond acceptors (Lipinski definition) is 5. The van der Waals surface area contributed by atoms with E-state index in [4.69, 9.17) is 4.74 Å². The first-order chi connectivity index (χ1) is 15.9. The average Bonchev–Trinajstić information content (AvgIpc) is 3.33. The maximum atomic E-state index is 12.8. The minimum Gasteiger partial charge on any atom is -0.426 e. The molecule has 2 saturated heterocycles. The molecular weight excluding hydrogens is 420 g/mol. The summed E-state index contributed by atoms with van der Waals surface area (Å²) in [5.41, 5.74) is 2.28. The summed E-state index contributed by atoms with van der Waals surface area (Å²) in [5.74, 6) is -1.48. The van der Waals surface area contributed by atoms with Crippen LogP contribution in [0.25, 0.3) is 0 Å². The lowest BCUT2D eigenvalue weighted by molar-refractivity contribution is -0.139. The first kappa shape index (κ1) is 21.4. The number of imide groups is 1. The molecule has 1 aliphatic carbocycles. The Labute approximate surface area is 192 Å². The lowest BCUT2D eigenvalue weighted by Crippen LogP contribution is -2.30. The molecule has 2 aliphatic heterocycles. The minimum atomic E-state index is -0.554. The minimum absolute atomic E-state index is 0.102. The summed E-state index contributed by atoms with van der Waals surface area (Å²) in [6.45, 7) is 2.21. The number of para-hydroxylation sites is 1. The first-order valence-electron chi connectivity index (χ1n) is 11.5. The molecule has 2 aromatic rings. The fourth-order valence-electron chi connectivity index (χ4n) is 5.24. The van der Waals surface area contributed by atoms with Gasteiger partial charge in [-0.1, -0.05) is 31.0 Å². The predicted octanol–water partition coefficient (Wildman–Crippen LogP) is 3.63. The molecule has 3 aliphatic rings. The molecule has 0 radical (unpaired) electrons. The van der Waals surface area contributed by atoms with E-state index < -0.39 is 11.9 Å². The summed E-state index contributed by atoms with van der Waals surface area (Å²) >= 11 is 0. The van der Waals surface area contributed by atoms with Crippen LogP contribution in [-0.2, 0) is 19.2 Å². The van der Waals surface area contributed by atoms with Gasteiger partial charge in [-0.2, -0.15) is 0 Å². The number of ether oxygens (including phenoxy) is 1. The number of esters is 1. The highest BCUT2D eigenvalue weighted by Gasteiger charge is 2.48. The number of carbonyl (C=O) groups excluding carboxylic acids is 4. The monoisotopic (exact) mass is 446 g/mol. The van der Waals surface area contributed by atoms with Gasteiger partial charge in [-0.25, -0.2) is 0 Å². The number of carbonyl (C=O) groups is 4. The summed E-state index contributed by atoms with van der Waals surface area (Å²) in [5, 5.41) is 0. The van der Waals surface area contributed by atoms with Crippen molar-refractivity contribution in [2.24, 2.45) is 17.8 Å². The lowest BCUT2D eigenvalue weighted by atomic mass is 9.81. The number of rotatable bonds is 4. The van der Waals surface area contributed by atoms with Crippen molar-refractivity contribution in [1.29, 1.82) is 0 Å². The number of benzene rings is 2. The molecule has 2 heterocycles. The van der Waals surface area contributed by atoms with Crippen molar-refractivity contribution in [2.75, 3.05) is 16.3 Å². The summed E-state index contributed by atoms with van der Waals surface area (Å²) < 4.78 is 5.52. The number of anilines is 2. The topological polar surface area (TPSA) is 84.0 Å². The molecule has 7 nitrogen and oxygen atoms in total. The van der Waals surface area contributed by atoms with Crippen LogP contribution >= 0.6 is 0 Å². The van der Waals surface area contributed by atoms with E-state index in [9.17, 15) is 19.2 Å². The van der Waals surface area contributed by atoms with Crippen LogP contribution in [0.3, 0.4) is 0 Å². The molecule has 0 unspecified atom stereocenters. The van der Waals surface area contributed by atoms with Gasteiger partial charge in [-0.05, 0) is 55.7 Å². The fraction of sp³-hybridized carbons (Fsp3) is 0.385. The molecule has 2 aromatic carbocycles. The smallest absolute Gasteiger partial charge is 0.316 e. The van der Waals surface area contributed by atoms with Crippen LogP contribution in [0, 0.1) is 24.7 Å². The van der Waals surface area contributed by atoms with E-state index in [1.54, 1.807) is 29.2 Å². The summed E-state index contributed by atoms with van der Waals surface area (Å²) in [6, 6.07) is 14.0. The van der Waals surface area contributed by atoms with Crippen molar-refractivity contribution in [3.05, 3.63) is 54.1 Å². The Hall–Kier alpha value is -3.48. The Bertz CT molecular complexity index is 1100. The molecule has 3 amide bonds. The summed E-state index contributed by atoms with van der Waals surface area (Å²) in [6.07, 6.45) is 3.59. The van der Waals surface area contributed by atoms with Crippen molar-refractivity contribution < 1.29 is 23.9 Å². The second-order valence-corrected chi connectivity index (χ2v) is 9.12. The van der Waals surface area contributed by atoms with Crippen LogP contribution in [0.15, 0.2) is 48.5 Å². The van der Waals surface area contributed by atoms with E-state index in [0.29, 0.717) is 11.4 Å². The zero-order valence-corrected chi connectivity index (χ0v) is 18.5. The third-order valence-electron chi connectivity index (χ3n) is 7.02. The second-order valence-electron chi connectivity index (χ2n) is 9.12. The zero-order valence-electron chi connectivity index (χ0n) is 18.5. The molecular formula is C26H26N2O5. The van der Waals surface area contributed by atoms with Crippen LogP contribution in [0.2, 0.25) is 0 Å². The third-order valence-corrected chi connectivity index (χ3v) is 7.02. The van der Waals surface area contributed by atoms with Gasteiger partial charge in [0.15, 0.2) is 0 Å². The molecule has 0 bridgehead atoms. The molecule has 170 valence electrons. The Morgan fingerprint density at radius 2 is 1.55 bits per heavy atom. The molecule has 0 N–H and O–H groups in total. The van der Waals surface area contributed by atoms with Gasteiger partial charge in [-0.3, -0.25) is 24.1 Å². The molecule has 0 aromatic heterocycles. The van der Waals surface area contributed by atoms with Crippen molar-refractivity contribution in [2.45, 2.75) is 39.0 Å². The number of fused-ring (bicyclic) bond motifs is 1. The van der Waals surface area contributed by atoms with Gasteiger partial charge >= 0.3 is 5.97 Å². The zero-order chi connectivity index (χ0) is 23.1. The van der Waals surface area contributed by atoms with E-state index >= 15 is 0 Å². The fourth-order valence-corrected chi connectivity index (χ4v) is 5.24. The SMILES string of the molecule is Cc1ccccc1N1C[C@H](C(=O)Oc2ccc(N3C(=O)[C@H]4CCCC[C@@H]4C3=O)cc2)CC1=O. The van der Waals surface area contributed by atoms with Crippen LogP contribution in [0.5, 0.6) is 5.75 Å². The maximum absolute atomic E-state index is 12.8. The first-order valence-corrected chi connectivity index (χ1v) is 11.5. The Morgan fingerprint density at radius 1 is 0.909 bits per heavy atom. The molecule has 1 saturated carbocycles. The van der Waals surface area contributed by atoms with Crippen molar-refractivity contribution in [3.63, 3.8) is 0 Å². The van der Waals surface area contributed by atoms with Crippen molar-refractivity contribution in [1.82, 2.24) is 0 Å². The van der Waals surface area contributed by atoms with Crippen LogP contribution in [0.1, 0.15) is 37.7 Å². The largest absolute Gasteiger partial charge is 0.426 e. The standard InChI is InChI=1S/C26H26N2O5/c1-16-6-2-5-9-22(16)27-15-17(14-23(27)29)26(32)33-19-12-10-18(11-13-19)28-24(30)20-7-3-4-8-21(20)25(28)31/h2,5-6,9-13,17,20-21H,3-4,7-8,14-15H2,1H3/t17-,20+,21+/m1/s1. The van der Waals surface area contributed by atoms with Crippen molar-refractivity contribution >= 4 is 35.1 Å². The van der Waals surface area contributed by atoms with Gasteiger partial charge in [0.25, 0.3) is 0 Å². The molecule has 3 fully saturated rings. The van der Waals surface area contributed by atoms with Crippen LogP contribution < -0.4 is 14.5 Å². The van der Waals surface area contributed by atoms with Gasteiger partial charge < -0.3 is 9.64 Å². The molecule has 5 rings (SSSR count). The summed E-state index contributed by atoms with van der Waals surface area (Å²) in [7, 11) is 0.